The Morgan fingerprint density at radius 3 is 2.07 bits per heavy atom. The molecule has 0 radical (unpaired) electrons. The van der Waals surface area contributed by atoms with Crippen LogP contribution in [0.1, 0.15) is 0 Å². The highest BCUT2D eigenvalue weighted by molar-refractivity contribution is 6.21. The lowest BCUT2D eigenvalue weighted by molar-refractivity contribution is 0.670. The number of fused-ring (bicyclic) bond motifs is 6. The molecule has 46 heavy (non-hydrogen) atoms. The van der Waals surface area contributed by atoms with E-state index in [9.17, 15) is 0 Å². The lowest BCUT2D eigenvalue weighted by Crippen LogP contribution is -2.10. The van der Waals surface area contributed by atoms with Gasteiger partial charge in [-0.2, -0.15) is 0 Å². The lowest BCUT2D eigenvalue weighted by atomic mass is 9.97. The summed E-state index contributed by atoms with van der Waals surface area (Å²) in [7, 11) is 0. The van der Waals surface area contributed by atoms with Crippen LogP contribution < -0.4 is 4.90 Å². The van der Waals surface area contributed by atoms with Gasteiger partial charge >= 0.3 is 0 Å². The van der Waals surface area contributed by atoms with Crippen molar-refractivity contribution in [3.63, 3.8) is 0 Å². The molecule has 0 fully saturated rings. The lowest BCUT2D eigenvalue weighted by Gasteiger charge is -2.27. The van der Waals surface area contributed by atoms with Crippen molar-refractivity contribution in [2.24, 2.45) is 0 Å². The summed E-state index contributed by atoms with van der Waals surface area (Å²) in [5.41, 5.74) is 9.58. The van der Waals surface area contributed by atoms with Crippen LogP contribution in [0.5, 0.6) is 0 Å². The molecular weight excluding hydrogens is 560 g/mol. The van der Waals surface area contributed by atoms with E-state index in [-0.39, 0.29) is 0 Å². The zero-order valence-electron chi connectivity index (χ0n) is 25.0. The SMILES string of the molecule is c1ccc(-c2cccc(N(c3ccc(-c4cccc5ccccc45)cc3)c3cc4ccccc4c4oc5cnccc5c34)c2)cc1. The molecule has 2 aromatic heterocycles. The van der Waals surface area contributed by atoms with E-state index in [1.807, 2.05) is 12.4 Å². The molecule has 0 N–H and O–H groups in total. The molecule has 0 aliphatic heterocycles. The molecule has 9 aromatic rings. The van der Waals surface area contributed by atoms with E-state index in [2.05, 4.69) is 168 Å². The summed E-state index contributed by atoms with van der Waals surface area (Å²) in [6, 6.07) is 56.2. The van der Waals surface area contributed by atoms with E-state index in [1.54, 1.807) is 0 Å². The van der Waals surface area contributed by atoms with Gasteiger partial charge in [-0.1, -0.05) is 121 Å². The van der Waals surface area contributed by atoms with Gasteiger partial charge in [0.05, 0.1) is 17.3 Å². The van der Waals surface area contributed by atoms with Gasteiger partial charge in [-0.05, 0) is 74.8 Å². The van der Waals surface area contributed by atoms with Crippen LogP contribution in [-0.4, -0.2) is 4.98 Å². The first-order valence-corrected chi connectivity index (χ1v) is 15.5. The van der Waals surface area contributed by atoms with Crippen LogP contribution in [-0.2, 0) is 0 Å². The van der Waals surface area contributed by atoms with Crippen LogP contribution in [0, 0.1) is 0 Å². The Morgan fingerprint density at radius 1 is 0.478 bits per heavy atom. The maximum Gasteiger partial charge on any atom is 0.153 e. The van der Waals surface area contributed by atoms with E-state index < -0.39 is 0 Å². The quantitative estimate of drug-likeness (QED) is 0.200. The third-order valence-corrected chi connectivity index (χ3v) is 8.93. The molecule has 0 bridgehead atoms. The molecule has 0 saturated carbocycles. The zero-order chi connectivity index (χ0) is 30.5. The number of rotatable bonds is 5. The molecule has 0 atom stereocenters. The third kappa shape index (κ3) is 4.33. The number of hydrogen-bond donors (Lipinski definition) is 0. The van der Waals surface area contributed by atoms with Gasteiger partial charge in [0.25, 0.3) is 0 Å². The number of pyridine rings is 1. The summed E-state index contributed by atoms with van der Waals surface area (Å²) < 4.78 is 6.55. The molecule has 9 rings (SSSR count). The van der Waals surface area contributed by atoms with Crippen molar-refractivity contribution in [2.45, 2.75) is 0 Å². The van der Waals surface area contributed by atoms with Gasteiger partial charge in [0.2, 0.25) is 0 Å². The smallest absolute Gasteiger partial charge is 0.153 e. The van der Waals surface area contributed by atoms with Gasteiger partial charge < -0.3 is 9.32 Å². The number of benzene rings is 7. The number of nitrogens with zero attached hydrogens (tertiary/aromatic N) is 2. The van der Waals surface area contributed by atoms with E-state index in [0.717, 1.165) is 55.3 Å². The highest BCUT2D eigenvalue weighted by atomic mass is 16.3. The van der Waals surface area contributed by atoms with Gasteiger partial charge in [-0.3, -0.25) is 4.98 Å². The minimum atomic E-state index is 0.777. The average Bonchev–Trinajstić information content (AvgIpc) is 3.53. The molecule has 0 spiro atoms. The maximum atomic E-state index is 6.55. The zero-order valence-corrected chi connectivity index (χ0v) is 25.0. The standard InChI is InChI=1S/C43H28N2O/c1-2-10-29(11-3-1)32-15-8-16-35(26-32)45(34-22-20-31(21-23-34)37-19-9-14-30-12-4-6-17-36(30)37)40-27-33-13-5-7-18-38(33)43-42(40)39-24-25-44-28-41(39)46-43/h1-28H. The molecule has 7 aromatic carbocycles. The molecule has 0 saturated heterocycles. The van der Waals surface area contributed by atoms with Crippen molar-refractivity contribution >= 4 is 60.5 Å². The predicted octanol–water partition coefficient (Wildman–Crippen LogP) is 12.1. The molecule has 0 unspecified atom stereocenters. The van der Waals surface area contributed by atoms with Crippen molar-refractivity contribution in [2.75, 3.05) is 4.90 Å². The summed E-state index contributed by atoms with van der Waals surface area (Å²) in [4.78, 5) is 6.74. The van der Waals surface area contributed by atoms with Gasteiger partial charge in [-0.15, -0.1) is 0 Å². The van der Waals surface area contributed by atoms with Crippen LogP contribution in [0.4, 0.5) is 17.1 Å². The number of aromatic nitrogens is 1. The van der Waals surface area contributed by atoms with Crippen molar-refractivity contribution in [1.29, 1.82) is 0 Å². The summed E-state index contributed by atoms with van der Waals surface area (Å²) in [6.45, 7) is 0. The van der Waals surface area contributed by atoms with Crippen LogP contribution >= 0.6 is 0 Å². The number of anilines is 3. The summed E-state index contributed by atoms with van der Waals surface area (Å²) >= 11 is 0. The second kappa shape index (κ2) is 10.8. The first-order chi connectivity index (χ1) is 22.8. The van der Waals surface area contributed by atoms with E-state index in [1.165, 1.54) is 27.5 Å². The van der Waals surface area contributed by atoms with Crippen molar-refractivity contribution < 1.29 is 4.42 Å². The molecule has 0 amide bonds. The third-order valence-electron chi connectivity index (χ3n) is 8.93. The van der Waals surface area contributed by atoms with E-state index >= 15 is 0 Å². The Kier molecular flexibility index (Phi) is 6.14. The predicted molar refractivity (Wildman–Crippen MR) is 192 cm³/mol. The van der Waals surface area contributed by atoms with Crippen LogP contribution in [0.25, 0.3) is 65.7 Å². The monoisotopic (exact) mass is 588 g/mol. The van der Waals surface area contributed by atoms with E-state index in [4.69, 9.17) is 4.42 Å². The molecule has 216 valence electrons. The largest absolute Gasteiger partial charge is 0.454 e. The second-order valence-corrected chi connectivity index (χ2v) is 11.6. The van der Waals surface area contributed by atoms with Crippen LogP contribution in [0.15, 0.2) is 175 Å². The second-order valence-electron chi connectivity index (χ2n) is 11.6. The minimum Gasteiger partial charge on any atom is -0.454 e. The first kappa shape index (κ1) is 26.2. The number of furan rings is 1. The Hall–Kier alpha value is -6.19. The van der Waals surface area contributed by atoms with Crippen molar-refractivity contribution in [3.8, 4) is 22.3 Å². The van der Waals surface area contributed by atoms with Gasteiger partial charge in [0.1, 0.15) is 5.58 Å². The normalized spacial score (nSPS) is 11.5. The fourth-order valence-corrected chi connectivity index (χ4v) is 6.77. The van der Waals surface area contributed by atoms with Crippen molar-refractivity contribution in [1.82, 2.24) is 4.98 Å². The Balaban J connectivity index is 1.30. The molecular formula is C43H28N2O. The maximum absolute atomic E-state index is 6.55. The fourth-order valence-electron chi connectivity index (χ4n) is 6.77. The first-order valence-electron chi connectivity index (χ1n) is 15.5. The average molecular weight is 589 g/mol. The number of hydrogen-bond acceptors (Lipinski definition) is 3. The van der Waals surface area contributed by atoms with Gasteiger partial charge in [0.15, 0.2) is 5.58 Å². The summed E-state index contributed by atoms with van der Waals surface area (Å²) in [6.07, 6.45) is 3.66. The highest BCUT2D eigenvalue weighted by Gasteiger charge is 2.22. The van der Waals surface area contributed by atoms with Crippen LogP contribution in [0.3, 0.4) is 0 Å². The summed E-state index contributed by atoms with van der Waals surface area (Å²) in [5.74, 6) is 0. The van der Waals surface area contributed by atoms with Crippen molar-refractivity contribution in [3.05, 3.63) is 170 Å². The minimum absolute atomic E-state index is 0.777. The van der Waals surface area contributed by atoms with E-state index in [0.29, 0.717) is 0 Å². The Labute approximate surface area is 266 Å². The van der Waals surface area contributed by atoms with Gasteiger partial charge in [-0.25, -0.2) is 0 Å². The fraction of sp³-hybridized carbons (Fsp3) is 0. The van der Waals surface area contributed by atoms with Gasteiger partial charge in [0, 0.05) is 28.3 Å². The Morgan fingerprint density at radius 2 is 1.20 bits per heavy atom. The van der Waals surface area contributed by atoms with Crippen LogP contribution in [0.2, 0.25) is 0 Å². The molecule has 0 aliphatic rings. The molecule has 3 nitrogen and oxygen atoms in total. The molecule has 2 heterocycles. The topological polar surface area (TPSA) is 29.3 Å². The summed E-state index contributed by atoms with van der Waals surface area (Å²) in [5, 5.41) is 6.81. The Bertz CT molecular complexity index is 2530. The molecule has 0 aliphatic carbocycles. The molecule has 3 heteroatoms. The highest BCUT2D eigenvalue weighted by Crippen LogP contribution is 2.46.